The third kappa shape index (κ3) is 5.51. The number of ether oxygens (including phenoxy) is 1. The van der Waals surface area contributed by atoms with Gasteiger partial charge in [-0.15, -0.1) is 24.8 Å². The van der Waals surface area contributed by atoms with Gasteiger partial charge in [0.15, 0.2) is 0 Å². The Bertz CT molecular complexity index is 336. The fraction of sp³-hybridized carbons (Fsp3) is 0.333. The zero-order chi connectivity index (χ0) is 10.6. The average Bonchev–Trinajstić information content (AvgIpc) is 2.17. The molecule has 0 aliphatic heterocycles. The molecule has 0 saturated carbocycles. The molecule has 1 heterocycles. The summed E-state index contributed by atoms with van der Waals surface area (Å²) >= 11 is 5.68. The van der Waals surface area contributed by atoms with E-state index in [4.69, 9.17) is 17.3 Å². The van der Waals surface area contributed by atoms with Crippen LogP contribution in [0.25, 0.3) is 0 Å². The van der Waals surface area contributed by atoms with E-state index in [1.165, 1.54) is 7.11 Å². The van der Waals surface area contributed by atoms with E-state index in [2.05, 4.69) is 9.72 Å². The average molecular weight is 288 g/mol. The maximum absolute atomic E-state index is 10.9. The molecule has 7 heteroatoms. The van der Waals surface area contributed by atoms with Crippen molar-refractivity contribution in [3.63, 3.8) is 0 Å². The third-order valence-electron chi connectivity index (χ3n) is 1.79. The molecule has 0 aliphatic rings. The second kappa shape index (κ2) is 8.58. The van der Waals surface area contributed by atoms with Crippen molar-refractivity contribution in [2.75, 3.05) is 7.11 Å². The van der Waals surface area contributed by atoms with E-state index in [0.717, 1.165) is 5.56 Å². The fourth-order valence-electron chi connectivity index (χ4n) is 1.03. The number of hydrogen-bond donors (Lipinski definition) is 1. The Morgan fingerprint density at radius 3 is 2.75 bits per heavy atom. The van der Waals surface area contributed by atoms with Crippen molar-refractivity contribution in [1.82, 2.24) is 4.98 Å². The van der Waals surface area contributed by atoms with Crippen LogP contribution >= 0.6 is 36.4 Å². The number of aromatic nitrogens is 1. The number of nitrogens with zero attached hydrogens (tertiary/aromatic N) is 1. The second-order valence-electron chi connectivity index (χ2n) is 2.80. The van der Waals surface area contributed by atoms with E-state index < -0.39 is 6.04 Å². The summed E-state index contributed by atoms with van der Waals surface area (Å²) in [4.78, 5) is 14.7. The molecule has 1 atom stereocenters. The predicted molar refractivity (Wildman–Crippen MR) is 67.3 cm³/mol. The largest absolute Gasteiger partial charge is 0.469 e. The van der Waals surface area contributed by atoms with Crippen LogP contribution in [0.5, 0.6) is 0 Å². The van der Waals surface area contributed by atoms with E-state index in [1.54, 1.807) is 18.3 Å². The Morgan fingerprint density at radius 2 is 2.25 bits per heavy atom. The van der Waals surface area contributed by atoms with Gasteiger partial charge in [-0.1, -0.05) is 11.6 Å². The molecular weight excluding hydrogens is 274 g/mol. The highest BCUT2D eigenvalue weighted by atomic mass is 35.5. The van der Waals surface area contributed by atoms with Gasteiger partial charge < -0.3 is 10.5 Å². The van der Waals surface area contributed by atoms with Gasteiger partial charge in [0.2, 0.25) is 0 Å². The number of carbonyl (C=O) groups is 1. The van der Waals surface area contributed by atoms with E-state index in [1.807, 2.05) is 0 Å². The Hall–Kier alpha value is -0.550. The summed E-state index contributed by atoms with van der Waals surface area (Å²) in [5.74, 6) is -0.342. The van der Waals surface area contributed by atoms with E-state index in [9.17, 15) is 4.79 Å². The smallest absolute Gasteiger partial charge is 0.307 e. The quantitative estimate of drug-likeness (QED) is 0.683. The number of methoxy groups -OCH3 is 1. The summed E-state index contributed by atoms with van der Waals surface area (Å²) in [6.45, 7) is 0. The first-order valence-corrected chi connectivity index (χ1v) is 4.45. The Balaban J connectivity index is 0. The van der Waals surface area contributed by atoms with Gasteiger partial charge in [0.05, 0.1) is 13.5 Å². The minimum Gasteiger partial charge on any atom is -0.469 e. The van der Waals surface area contributed by atoms with Gasteiger partial charge in [0.1, 0.15) is 5.15 Å². The van der Waals surface area contributed by atoms with Crippen LogP contribution in [-0.2, 0) is 9.53 Å². The van der Waals surface area contributed by atoms with Crippen LogP contribution in [0.2, 0.25) is 5.15 Å². The van der Waals surface area contributed by atoms with Crippen molar-refractivity contribution in [3.05, 3.63) is 29.0 Å². The fourth-order valence-corrected chi connectivity index (χ4v) is 1.21. The van der Waals surface area contributed by atoms with E-state index in [-0.39, 0.29) is 37.2 Å². The number of halogens is 3. The number of hydrogen-bond acceptors (Lipinski definition) is 4. The lowest BCUT2D eigenvalue weighted by molar-refractivity contribution is -0.141. The molecule has 1 rings (SSSR count). The SMILES string of the molecule is COC(=O)CC(N)c1ccnc(Cl)c1.Cl.Cl. The maximum atomic E-state index is 10.9. The van der Waals surface area contributed by atoms with Crippen LogP contribution in [0.4, 0.5) is 0 Å². The number of carbonyl (C=O) groups excluding carboxylic acids is 1. The summed E-state index contributed by atoms with van der Waals surface area (Å²) in [5, 5.41) is 0.364. The molecule has 0 fully saturated rings. The number of nitrogens with two attached hydrogens (primary N) is 1. The lowest BCUT2D eigenvalue weighted by Crippen LogP contribution is -2.16. The van der Waals surface area contributed by atoms with Gasteiger partial charge in [-0.25, -0.2) is 4.98 Å². The van der Waals surface area contributed by atoms with Crippen molar-refractivity contribution in [2.45, 2.75) is 12.5 Å². The Morgan fingerprint density at radius 1 is 1.62 bits per heavy atom. The van der Waals surface area contributed by atoms with Crippen LogP contribution < -0.4 is 5.73 Å². The van der Waals surface area contributed by atoms with Crippen LogP contribution in [0.1, 0.15) is 18.0 Å². The lowest BCUT2D eigenvalue weighted by atomic mass is 10.1. The minimum atomic E-state index is -0.400. The van der Waals surface area contributed by atoms with Gasteiger partial charge in [0.25, 0.3) is 0 Å². The van der Waals surface area contributed by atoms with Gasteiger partial charge in [-0.05, 0) is 17.7 Å². The molecule has 1 aromatic rings. The summed E-state index contributed by atoms with van der Waals surface area (Å²) in [5.41, 5.74) is 6.53. The highest BCUT2D eigenvalue weighted by Crippen LogP contribution is 2.16. The highest BCUT2D eigenvalue weighted by molar-refractivity contribution is 6.29. The molecule has 0 radical (unpaired) electrons. The van der Waals surface area contributed by atoms with Crippen LogP contribution in [0, 0.1) is 0 Å². The van der Waals surface area contributed by atoms with Crippen molar-refractivity contribution >= 4 is 42.4 Å². The molecular formula is C9H13Cl3N2O2. The lowest BCUT2D eigenvalue weighted by Gasteiger charge is -2.09. The maximum Gasteiger partial charge on any atom is 0.307 e. The van der Waals surface area contributed by atoms with Crippen LogP contribution in [0.15, 0.2) is 18.3 Å². The number of pyridine rings is 1. The highest BCUT2D eigenvalue weighted by Gasteiger charge is 2.11. The molecule has 1 aromatic heterocycles. The first-order valence-electron chi connectivity index (χ1n) is 4.07. The molecule has 0 aromatic carbocycles. The topological polar surface area (TPSA) is 65.2 Å². The normalized spacial score (nSPS) is 10.7. The van der Waals surface area contributed by atoms with Crippen LogP contribution in [0.3, 0.4) is 0 Å². The van der Waals surface area contributed by atoms with Crippen LogP contribution in [-0.4, -0.2) is 18.1 Å². The number of rotatable bonds is 3. The standard InChI is InChI=1S/C9H11ClN2O2.2ClH/c1-14-9(13)5-7(11)6-2-3-12-8(10)4-6;;/h2-4,7H,5,11H2,1H3;2*1H. The first kappa shape index (κ1) is 17.8. The molecule has 92 valence electrons. The van der Waals surface area contributed by atoms with Crippen molar-refractivity contribution in [2.24, 2.45) is 5.73 Å². The molecule has 0 spiro atoms. The zero-order valence-electron chi connectivity index (χ0n) is 8.55. The zero-order valence-corrected chi connectivity index (χ0v) is 10.9. The second-order valence-corrected chi connectivity index (χ2v) is 3.19. The molecule has 16 heavy (non-hydrogen) atoms. The monoisotopic (exact) mass is 286 g/mol. The minimum absolute atomic E-state index is 0. The van der Waals surface area contributed by atoms with Gasteiger partial charge in [-0.3, -0.25) is 4.79 Å². The van der Waals surface area contributed by atoms with Crippen molar-refractivity contribution in [1.29, 1.82) is 0 Å². The molecule has 0 aliphatic carbocycles. The summed E-state index contributed by atoms with van der Waals surface area (Å²) in [6, 6.07) is 2.96. The first-order chi connectivity index (χ1) is 6.63. The summed E-state index contributed by atoms with van der Waals surface area (Å²) in [6.07, 6.45) is 1.69. The Kier molecular flexibility index (Phi) is 9.57. The van der Waals surface area contributed by atoms with Crippen molar-refractivity contribution in [3.8, 4) is 0 Å². The summed E-state index contributed by atoms with van der Waals surface area (Å²) < 4.78 is 4.51. The van der Waals surface area contributed by atoms with Crippen molar-refractivity contribution < 1.29 is 9.53 Å². The molecule has 0 amide bonds. The number of esters is 1. The van der Waals surface area contributed by atoms with Gasteiger partial charge >= 0.3 is 5.97 Å². The van der Waals surface area contributed by atoms with E-state index in [0.29, 0.717) is 5.15 Å². The third-order valence-corrected chi connectivity index (χ3v) is 2.00. The Labute approximate surface area is 111 Å². The van der Waals surface area contributed by atoms with E-state index >= 15 is 0 Å². The molecule has 1 unspecified atom stereocenters. The molecule has 0 saturated heterocycles. The molecule has 0 bridgehead atoms. The molecule has 2 N–H and O–H groups in total. The summed E-state index contributed by atoms with van der Waals surface area (Å²) in [7, 11) is 1.33. The van der Waals surface area contributed by atoms with Gasteiger partial charge in [-0.2, -0.15) is 0 Å². The van der Waals surface area contributed by atoms with Gasteiger partial charge in [0, 0.05) is 12.2 Å². The predicted octanol–water partition coefficient (Wildman–Crippen LogP) is 2.14. The molecule has 4 nitrogen and oxygen atoms in total.